The minimum absolute atomic E-state index is 0.0225. The van der Waals surface area contributed by atoms with E-state index >= 15 is 0 Å². The summed E-state index contributed by atoms with van der Waals surface area (Å²) in [5.74, 6) is 1.19. The predicted octanol–water partition coefficient (Wildman–Crippen LogP) is 3.54. The summed E-state index contributed by atoms with van der Waals surface area (Å²) in [6, 6.07) is 11.0. The van der Waals surface area contributed by atoms with Gasteiger partial charge in [0.2, 0.25) is 0 Å². The monoisotopic (exact) mass is 252 g/mol. The van der Waals surface area contributed by atoms with Gasteiger partial charge in [0.25, 0.3) is 0 Å². The molecule has 2 rings (SSSR count). The molecule has 0 amide bonds. The first-order valence-electron chi connectivity index (χ1n) is 5.75. The first kappa shape index (κ1) is 12.6. The summed E-state index contributed by atoms with van der Waals surface area (Å²) < 4.78 is 34.7. The van der Waals surface area contributed by atoms with Crippen molar-refractivity contribution in [2.75, 3.05) is 26.6 Å². The molecule has 18 heavy (non-hydrogen) atoms. The molecule has 0 saturated heterocycles. The maximum Gasteiger partial charge on any atom is 0.127 e. The van der Waals surface area contributed by atoms with Crippen molar-refractivity contribution in [3.05, 3.63) is 36.4 Å². The second-order valence-corrected chi connectivity index (χ2v) is 3.71. The Kier molecular flexibility index (Phi) is 4.34. The van der Waals surface area contributed by atoms with Crippen LogP contribution in [0.5, 0.6) is 11.5 Å². The lowest BCUT2D eigenvalue weighted by Gasteiger charge is -2.10. The highest BCUT2D eigenvalue weighted by Gasteiger charge is 2.04. The van der Waals surface area contributed by atoms with Gasteiger partial charge in [0.05, 0.1) is 0 Å². The average Bonchev–Trinajstić information content (AvgIpc) is 2.42. The van der Waals surface area contributed by atoms with Crippen molar-refractivity contribution >= 4 is 10.8 Å². The molecule has 0 spiro atoms. The number of ether oxygens (including phenoxy) is 2. The lowest BCUT2D eigenvalue weighted by atomic mass is 10.1. The Morgan fingerprint density at radius 3 is 2.44 bits per heavy atom. The van der Waals surface area contributed by atoms with Crippen molar-refractivity contribution < 1.29 is 18.3 Å². The number of alkyl halides is 2. The zero-order chi connectivity index (χ0) is 12.8. The summed E-state index contributed by atoms with van der Waals surface area (Å²) in [4.78, 5) is 0. The smallest absolute Gasteiger partial charge is 0.127 e. The van der Waals surface area contributed by atoms with E-state index in [4.69, 9.17) is 9.47 Å². The Morgan fingerprint density at radius 1 is 0.889 bits per heavy atom. The molecule has 0 bridgehead atoms. The molecule has 0 aliphatic carbocycles. The fraction of sp³-hybridized carbons (Fsp3) is 0.286. The highest BCUT2D eigenvalue weighted by atomic mass is 19.1. The number of rotatable bonds is 6. The van der Waals surface area contributed by atoms with Gasteiger partial charge in [-0.1, -0.05) is 18.2 Å². The molecule has 2 aromatic rings. The molecule has 0 aromatic heterocycles. The van der Waals surface area contributed by atoms with E-state index in [0.29, 0.717) is 11.5 Å². The second kappa shape index (κ2) is 6.19. The second-order valence-electron chi connectivity index (χ2n) is 3.71. The zero-order valence-electron chi connectivity index (χ0n) is 9.86. The maximum atomic E-state index is 12.1. The van der Waals surface area contributed by atoms with Crippen LogP contribution in [-0.4, -0.2) is 26.6 Å². The van der Waals surface area contributed by atoms with Gasteiger partial charge in [0, 0.05) is 5.39 Å². The highest BCUT2D eigenvalue weighted by molar-refractivity contribution is 5.89. The third-order valence-electron chi connectivity index (χ3n) is 2.49. The Morgan fingerprint density at radius 2 is 1.67 bits per heavy atom. The first-order chi connectivity index (χ1) is 8.85. The van der Waals surface area contributed by atoms with Crippen LogP contribution in [0.3, 0.4) is 0 Å². The fourth-order valence-electron chi connectivity index (χ4n) is 1.74. The summed E-state index contributed by atoms with van der Waals surface area (Å²) in [6.07, 6.45) is 0. The normalized spacial score (nSPS) is 10.6. The van der Waals surface area contributed by atoms with Crippen molar-refractivity contribution in [1.82, 2.24) is 0 Å². The third-order valence-corrected chi connectivity index (χ3v) is 2.49. The molecule has 0 radical (unpaired) electrons. The van der Waals surface area contributed by atoms with E-state index in [1.165, 1.54) is 0 Å². The van der Waals surface area contributed by atoms with E-state index in [2.05, 4.69) is 0 Å². The number of hydrogen-bond acceptors (Lipinski definition) is 2. The molecule has 96 valence electrons. The van der Waals surface area contributed by atoms with Gasteiger partial charge in [0.15, 0.2) is 0 Å². The van der Waals surface area contributed by atoms with Crippen molar-refractivity contribution in [1.29, 1.82) is 0 Å². The molecule has 0 atom stereocenters. The zero-order valence-corrected chi connectivity index (χ0v) is 9.86. The molecule has 0 N–H and O–H groups in total. The molecule has 2 nitrogen and oxygen atoms in total. The molecular weight excluding hydrogens is 238 g/mol. The van der Waals surface area contributed by atoms with Gasteiger partial charge in [-0.2, -0.15) is 0 Å². The van der Waals surface area contributed by atoms with E-state index in [1.54, 1.807) is 18.2 Å². The SMILES string of the molecule is FCCOc1ccc2cccc(OCCF)c2c1. The number of halogens is 2. The standard InChI is InChI=1S/C14H14F2O2/c15-6-8-17-12-5-4-11-2-1-3-14(13(11)10-12)18-9-7-16/h1-5,10H,6-9H2. The van der Waals surface area contributed by atoms with Gasteiger partial charge in [-0.15, -0.1) is 0 Å². The molecule has 0 saturated carbocycles. The molecular formula is C14H14F2O2. The molecule has 0 unspecified atom stereocenters. The van der Waals surface area contributed by atoms with Crippen molar-refractivity contribution in [3.63, 3.8) is 0 Å². The van der Waals surface area contributed by atoms with E-state index < -0.39 is 13.3 Å². The summed E-state index contributed by atoms with van der Waals surface area (Å²) in [7, 11) is 0. The average molecular weight is 252 g/mol. The number of fused-ring (bicyclic) bond motifs is 1. The van der Waals surface area contributed by atoms with Crippen LogP contribution in [0.1, 0.15) is 0 Å². The van der Waals surface area contributed by atoms with Crippen LogP contribution in [0.4, 0.5) is 8.78 Å². The number of benzene rings is 2. The van der Waals surface area contributed by atoms with Crippen molar-refractivity contribution in [3.8, 4) is 11.5 Å². The molecule has 0 fully saturated rings. The maximum absolute atomic E-state index is 12.1. The van der Waals surface area contributed by atoms with E-state index in [1.807, 2.05) is 18.2 Å². The Bertz CT molecular complexity index is 514. The van der Waals surface area contributed by atoms with Crippen LogP contribution in [0.15, 0.2) is 36.4 Å². The summed E-state index contributed by atoms with van der Waals surface area (Å²) in [5, 5.41) is 1.81. The Labute approximate surface area is 104 Å². The summed E-state index contributed by atoms with van der Waals surface area (Å²) >= 11 is 0. The van der Waals surface area contributed by atoms with E-state index in [9.17, 15) is 8.78 Å². The molecule has 0 heterocycles. The quantitative estimate of drug-likeness (QED) is 0.783. The van der Waals surface area contributed by atoms with Crippen molar-refractivity contribution in [2.45, 2.75) is 0 Å². The fourth-order valence-corrected chi connectivity index (χ4v) is 1.74. The van der Waals surface area contributed by atoms with Crippen LogP contribution in [0, 0.1) is 0 Å². The van der Waals surface area contributed by atoms with Crippen LogP contribution < -0.4 is 9.47 Å². The van der Waals surface area contributed by atoms with Crippen molar-refractivity contribution in [2.24, 2.45) is 0 Å². The molecule has 4 heteroatoms. The number of hydrogen-bond donors (Lipinski definition) is 0. The minimum atomic E-state index is -0.533. The largest absolute Gasteiger partial charge is 0.491 e. The van der Waals surface area contributed by atoms with Crippen LogP contribution in [-0.2, 0) is 0 Å². The third kappa shape index (κ3) is 2.88. The minimum Gasteiger partial charge on any atom is -0.491 e. The van der Waals surface area contributed by atoms with Gasteiger partial charge in [-0.05, 0) is 23.6 Å². The molecule has 0 aliphatic rings. The van der Waals surface area contributed by atoms with Gasteiger partial charge < -0.3 is 9.47 Å². The summed E-state index contributed by atoms with van der Waals surface area (Å²) in [6.45, 7) is -1.01. The van der Waals surface area contributed by atoms with Crippen LogP contribution in [0.25, 0.3) is 10.8 Å². The van der Waals surface area contributed by atoms with Gasteiger partial charge in [0.1, 0.15) is 38.1 Å². The van der Waals surface area contributed by atoms with E-state index in [-0.39, 0.29) is 13.2 Å². The van der Waals surface area contributed by atoms with Crippen LogP contribution in [0.2, 0.25) is 0 Å². The molecule has 0 aliphatic heterocycles. The lowest BCUT2D eigenvalue weighted by molar-refractivity contribution is 0.272. The van der Waals surface area contributed by atoms with Crippen LogP contribution >= 0.6 is 0 Å². The molecule has 2 aromatic carbocycles. The lowest BCUT2D eigenvalue weighted by Crippen LogP contribution is -2.00. The highest BCUT2D eigenvalue weighted by Crippen LogP contribution is 2.29. The van der Waals surface area contributed by atoms with Gasteiger partial charge in [-0.25, -0.2) is 8.78 Å². The Balaban J connectivity index is 2.32. The summed E-state index contributed by atoms with van der Waals surface area (Å²) in [5.41, 5.74) is 0. The first-order valence-corrected chi connectivity index (χ1v) is 5.75. The topological polar surface area (TPSA) is 18.5 Å². The predicted molar refractivity (Wildman–Crippen MR) is 66.9 cm³/mol. The van der Waals surface area contributed by atoms with Gasteiger partial charge in [-0.3, -0.25) is 0 Å². The van der Waals surface area contributed by atoms with Gasteiger partial charge >= 0.3 is 0 Å². The van der Waals surface area contributed by atoms with E-state index in [0.717, 1.165) is 10.8 Å². The Hall–Kier alpha value is -1.84.